The molecule has 0 aliphatic carbocycles. The predicted octanol–water partition coefficient (Wildman–Crippen LogP) is 4.27. The van der Waals surface area contributed by atoms with E-state index in [1.807, 2.05) is 6.07 Å². The Morgan fingerprint density at radius 2 is 2.00 bits per heavy atom. The highest BCUT2D eigenvalue weighted by Gasteiger charge is 2.21. The number of para-hydroxylation sites is 1. The van der Waals surface area contributed by atoms with Crippen molar-refractivity contribution in [3.8, 4) is 5.75 Å². The summed E-state index contributed by atoms with van der Waals surface area (Å²) in [4.78, 5) is 0. The molecule has 0 aliphatic rings. The van der Waals surface area contributed by atoms with Crippen LogP contribution < -0.4 is 4.52 Å². The Morgan fingerprint density at radius 3 is 2.62 bits per heavy atom. The highest BCUT2D eigenvalue weighted by atomic mass is 35.7. The molecule has 0 fully saturated rings. The van der Waals surface area contributed by atoms with Crippen LogP contribution in [0.1, 0.15) is 19.8 Å². The Bertz CT molecular complexity index is 342. The monoisotopic (exact) mass is 262 g/mol. The minimum atomic E-state index is -3.20. The summed E-state index contributed by atoms with van der Waals surface area (Å²) in [5, 5.41) is 0. The number of ether oxygens (including phenoxy) is 1. The van der Waals surface area contributed by atoms with E-state index < -0.39 is 6.72 Å². The minimum absolute atomic E-state index is 0.0521. The zero-order valence-electron chi connectivity index (χ0n) is 9.27. The summed E-state index contributed by atoms with van der Waals surface area (Å²) in [6.45, 7) is -0.584. The molecule has 0 saturated heterocycles. The molecule has 90 valence electrons. The molecule has 0 saturated carbocycles. The van der Waals surface area contributed by atoms with Gasteiger partial charge in [-0.1, -0.05) is 31.5 Å². The Kier molecular flexibility index (Phi) is 5.89. The summed E-state index contributed by atoms with van der Waals surface area (Å²) >= 11 is 5.76. The van der Waals surface area contributed by atoms with Gasteiger partial charge in [-0.2, -0.15) is 0 Å². The number of rotatable bonds is 7. The Labute approximate surface area is 101 Å². The van der Waals surface area contributed by atoms with Gasteiger partial charge >= 0.3 is 6.72 Å². The molecule has 0 radical (unpaired) electrons. The van der Waals surface area contributed by atoms with Crippen molar-refractivity contribution in [1.29, 1.82) is 0 Å². The SMILES string of the molecule is CCCCOCP(=O)(Cl)Oc1ccccc1. The molecule has 0 aliphatic heterocycles. The van der Waals surface area contributed by atoms with Crippen molar-refractivity contribution < 1.29 is 13.8 Å². The van der Waals surface area contributed by atoms with E-state index in [9.17, 15) is 4.57 Å². The molecule has 1 unspecified atom stereocenters. The van der Waals surface area contributed by atoms with Gasteiger partial charge in [0, 0.05) is 6.61 Å². The second-order valence-electron chi connectivity index (χ2n) is 3.39. The standard InChI is InChI=1S/C11H16ClO3P/c1-2-3-9-14-10-16(12,13)15-11-7-5-4-6-8-11/h4-8H,2-3,9-10H2,1H3. The maximum atomic E-state index is 11.8. The third-order valence-corrected chi connectivity index (χ3v) is 3.35. The molecule has 0 aromatic heterocycles. The highest BCUT2D eigenvalue weighted by Crippen LogP contribution is 2.52. The molecule has 1 atom stereocenters. The number of halogens is 1. The summed E-state index contributed by atoms with van der Waals surface area (Å²) in [5.41, 5.74) is 0. The average molecular weight is 263 g/mol. The van der Waals surface area contributed by atoms with E-state index in [-0.39, 0.29) is 6.35 Å². The largest absolute Gasteiger partial charge is 0.431 e. The quantitative estimate of drug-likeness (QED) is 0.544. The Balaban J connectivity index is 2.37. The van der Waals surface area contributed by atoms with E-state index >= 15 is 0 Å². The van der Waals surface area contributed by atoms with Crippen LogP contribution in [0.2, 0.25) is 0 Å². The summed E-state index contributed by atoms with van der Waals surface area (Å²) in [6, 6.07) is 8.86. The molecule has 1 aromatic carbocycles. The first-order valence-electron chi connectivity index (χ1n) is 5.25. The van der Waals surface area contributed by atoms with Crippen LogP contribution in [0.3, 0.4) is 0 Å². The summed E-state index contributed by atoms with van der Waals surface area (Å²) in [6.07, 6.45) is 1.91. The molecule has 0 bridgehead atoms. The molecule has 0 amide bonds. The van der Waals surface area contributed by atoms with Crippen LogP contribution in [0.15, 0.2) is 30.3 Å². The Hall–Kier alpha value is -0.500. The fraction of sp³-hybridized carbons (Fsp3) is 0.455. The van der Waals surface area contributed by atoms with Gasteiger partial charge < -0.3 is 9.26 Å². The van der Waals surface area contributed by atoms with Gasteiger partial charge in [-0.3, -0.25) is 4.57 Å². The number of unbranched alkanes of at least 4 members (excludes halogenated alkanes) is 1. The molecule has 16 heavy (non-hydrogen) atoms. The molecular weight excluding hydrogens is 247 g/mol. The molecule has 1 aromatic rings. The first-order valence-corrected chi connectivity index (χ1v) is 7.96. The zero-order chi connectivity index (χ0) is 11.9. The molecule has 0 spiro atoms. The van der Waals surface area contributed by atoms with E-state index in [1.54, 1.807) is 24.3 Å². The van der Waals surface area contributed by atoms with Gasteiger partial charge in [0.25, 0.3) is 0 Å². The predicted molar refractivity (Wildman–Crippen MR) is 66.3 cm³/mol. The van der Waals surface area contributed by atoms with E-state index in [0.717, 1.165) is 12.8 Å². The van der Waals surface area contributed by atoms with Gasteiger partial charge in [0.05, 0.1) is 0 Å². The maximum Gasteiger partial charge on any atom is 0.361 e. The number of benzene rings is 1. The van der Waals surface area contributed by atoms with Crippen LogP contribution in [0.5, 0.6) is 5.75 Å². The molecule has 3 nitrogen and oxygen atoms in total. The lowest BCUT2D eigenvalue weighted by Gasteiger charge is -2.12. The van der Waals surface area contributed by atoms with Crippen molar-refractivity contribution >= 4 is 18.0 Å². The fourth-order valence-corrected chi connectivity index (χ4v) is 2.37. The van der Waals surface area contributed by atoms with Gasteiger partial charge in [-0.05, 0) is 29.8 Å². The van der Waals surface area contributed by atoms with Gasteiger partial charge in [0.1, 0.15) is 12.1 Å². The second-order valence-corrected chi connectivity index (χ2v) is 6.55. The number of hydrogen-bond donors (Lipinski definition) is 0. The van der Waals surface area contributed by atoms with Gasteiger partial charge in [0.2, 0.25) is 0 Å². The first-order chi connectivity index (χ1) is 7.64. The van der Waals surface area contributed by atoms with Gasteiger partial charge in [-0.15, -0.1) is 0 Å². The van der Waals surface area contributed by atoms with Crippen LogP contribution in [-0.4, -0.2) is 13.0 Å². The van der Waals surface area contributed by atoms with Crippen molar-refractivity contribution in [3.63, 3.8) is 0 Å². The third-order valence-electron chi connectivity index (χ3n) is 1.87. The molecule has 0 N–H and O–H groups in total. The molecule has 1 rings (SSSR count). The van der Waals surface area contributed by atoms with Gasteiger partial charge in [0.15, 0.2) is 0 Å². The van der Waals surface area contributed by atoms with Crippen LogP contribution in [-0.2, 0) is 9.30 Å². The van der Waals surface area contributed by atoms with E-state index in [0.29, 0.717) is 12.4 Å². The van der Waals surface area contributed by atoms with Crippen molar-refractivity contribution in [2.24, 2.45) is 0 Å². The van der Waals surface area contributed by atoms with Crippen LogP contribution in [0.25, 0.3) is 0 Å². The van der Waals surface area contributed by atoms with Gasteiger partial charge in [-0.25, -0.2) is 0 Å². The van der Waals surface area contributed by atoms with Crippen molar-refractivity contribution in [3.05, 3.63) is 30.3 Å². The molecule has 0 heterocycles. The smallest absolute Gasteiger partial charge is 0.361 e. The lowest BCUT2D eigenvalue weighted by Crippen LogP contribution is -1.99. The summed E-state index contributed by atoms with van der Waals surface area (Å²) in [7, 11) is 0. The van der Waals surface area contributed by atoms with E-state index in [2.05, 4.69) is 6.92 Å². The highest BCUT2D eigenvalue weighted by molar-refractivity contribution is 7.85. The average Bonchev–Trinajstić information content (AvgIpc) is 2.25. The van der Waals surface area contributed by atoms with E-state index in [4.69, 9.17) is 20.5 Å². The van der Waals surface area contributed by atoms with E-state index in [1.165, 1.54) is 0 Å². The summed E-state index contributed by atoms with van der Waals surface area (Å²) < 4.78 is 22.1. The lowest BCUT2D eigenvalue weighted by atomic mass is 10.3. The van der Waals surface area contributed by atoms with Crippen LogP contribution >= 0.6 is 18.0 Å². The van der Waals surface area contributed by atoms with Crippen LogP contribution in [0, 0.1) is 0 Å². The minimum Gasteiger partial charge on any atom is -0.431 e. The van der Waals surface area contributed by atoms with Crippen molar-refractivity contribution in [2.45, 2.75) is 19.8 Å². The number of hydrogen-bond acceptors (Lipinski definition) is 3. The van der Waals surface area contributed by atoms with Crippen molar-refractivity contribution in [2.75, 3.05) is 13.0 Å². The third kappa shape index (κ3) is 5.55. The Morgan fingerprint density at radius 1 is 1.31 bits per heavy atom. The lowest BCUT2D eigenvalue weighted by molar-refractivity contribution is 0.168. The van der Waals surface area contributed by atoms with Crippen LogP contribution in [0.4, 0.5) is 0 Å². The summed E-state index contributed by atoms with van der Waals surface area (Å²) in [5.74, 6) is 0.500. The topological polar surface area (TPSA) is 35.5 Å². The second kappa shape index (κ2) is 6.95. The molecular formula is C11H16ClO3P. The maximum absolute atomic E-state index is 11.8. The zero-order valence-corrected chi connectivity index (χ0v) is 10.9. The molecule has 5 heteroatoms. The van der Waals surface area contributed by atoms with Crippen molar-refractivity contribution in [1.82, 2.24) is 0 Å². The normalized spacial score (nSPS) is 14.4. The fourth-order valence-electron chi connectivity index (χ4n) is 1.09. The first kappa shape index (κ1) is 13.6.